The van der Waals surface area contributed by atoms with Gasteiger partial charge in [0, 0.05) is 6.54 Å². The van der Waals surface area contributed by atoms with Gasteiger partial charge in [0.1, 0.15) is 0 Å². The van der Waals surface area contributed by atoms with Gasteiger partial charge in [0.2, 0.25) is 0 Å². The highest BCUT2D eigenvalue weighted by Crippen LogP contribution is 2.20. The van der Waals surface area contributed by atoms with Gasteiger partial charge >= 0.3 is 0 Å². The molecule has 0 aromatic heterocycles. The van der Waals surface area contributed by atoms with Crippen molar-refractivity contribution in [3.05, 3.63) is 47.5 Å². The van der Waals surface area contributed by atoms with Crippen molar-refractivity contribution in [3.63, 3.8) is 0 Å². The Morgan fingerprint density at radius 2 is 1.93 bits per heavy atom. The smallest absolute Gasteiger partial charge is 0.0140 e. The Hall–Kier alpha value is -1.34. The van der Waals surface area contributed by atoms with E-state index in [9.17, 15) is 0 Å². The molecule has 2 aromatic rings. The SMILES string of the molecule is Cc1cc(CC[NH])cc2ccccc12. The molecule has 0 heterocycles. The van der Waals surface area contributed by atoms with E-state index in [1.54, 1.807) is 0 Å². The van der Waals surface area contributed by atoms with Crippen LogP contribution in [-0.2, 0) is 6.42 Å². The molecular weight excluding hydrogens is 170 g/mol. The Balaban J connectivity index is 2.60. The first-order valence-corrected chi connectivity index (χ1v) is 4.94. The lowest BCUT2D eigenvalue weighted by Gasteiger charge is -2.05. The van der Waals surface area contributed by atoms with E-state index in [4.69, 9.17) is 5.73 Å². The summed E-state index contributed by atoms with van der Waals surface area (Å²) in [6, 6.07) is 12.8. The number of benzene rings is 2. The molecule has 0 spiro atoms. The van der Waals surface area contributed by atoms with Crippen LogP contribution in [0.5, 0.6) is 0 Å². The second kappa shape index (κ2) is 3.81. The fourth-order valence-electron chi connectivity index (χ4n) is 1.87. The van der Waals surface area contributed by atoms with E-state index in [1.165, 1.54) is 21.9 Å². The van der Waals surface area contributed by atoms with Crippen molar-refractivity contribution >= 4 is 10.8 Å². The molecule has 2 aromatic carbocycles. The van der Waals surface area contributed by atoms with Crippen LogP contribution in [0.2, 0.25) is 0 Å². The van der Waals surface area contributed by atoms with Gasteiger partial charge in [-0.2, -0.15) is 0 Å². The lowest BCUT2D eigenvalue weighted by molar-refractivity contribution is 0.942. The Morgan fingerprint density at radius 1 is 1.14 bits per heavy atom. The number of fused-ring (bicyclic) bond motifs is 1. The third-order valence-corrected chi connectivity index (χ3v) is 2.54. The topological polar surface area (TPSA) is 23.8 Å². The summed E-state index contributed by atoms with van der Waals surface area (Å²) in [5.41, 5.74) is 9.80. The van der Waals surface area contributed by atoms with Crippen LogP contribution in [0.1, 0.15) is 11.1 Å². The third kappa shape index (κ3) is 1.64. The Labute approximate surface area is 84.5 Å². The van der Waals surface area contributed by atoms with Crippen molar-refractivity contribution in [1.82, 2.24) is 5.73 Å². The number of rotatable bonds is 2. The van der Waals surface area contributed by atoms with Crippen molar-refractivity contribution < 1.29 is 0 Å². The van der Waals surface area contributed by atoms with Crippen LogP contribution in [0.25, 0.3) is 10.8 Å². The molecule has 0 saturated carbocycles. The van der Waals surface area contributed by atoms with Gasteiger partial charge in [-0.25, -0.2) is 0 Å². The van der Waals surface area contributed by atoms with E-state index < -0.39 is 0 Å². The van der Waals surface area contributed by atoms with Crippen LogP contribution in [0.15, 0.2) is 36.4 Å². The van der Waals surface area contributed by atoms with Crippen LogP contribution in [0.4, 0.5) is 0 Å². The molecule has 1 radical (unpaired) electrons. The Bertz CT molecular complexity index is 446. The van der Waals surface area contributed by atoms with Crippen LogP contribution < -0.4 is 5.73 Å². The fourth-order valence-corrected chi connectivity index (χ4v) is 1.87. The molecule has 0 bridgehead atoms. The van der Waals surface area contributed by atoms with Crippen LogP contribution in [0, 0.1) is 6.92 Å². The highest BCUT2D eigenvalue weighted by Gasteiger charge is 1.99. The first-order chi connectivity index (χ1) is 6.81. The normalized spacial score (nSPS) is 10.7. The van der Waals surface area contributed by atoms with Crippen LogP contribution in [0.3, 0.4) is 0 Å². The zero-order valence-electron chi connectivity index (χ0n) is 8.38. The summed E-state index contributed by atoms with van der Waals surface area (Å²) in [5, 5.41) is 2.61. The van der Waals surface area contributed by atoms with Gasteiger partial charge in [-0.1, -0.05) is 36.4 Å². The van der Waals surface area contributed by atoms with Gasteiger partial charge in [-0.05, 0) is 35.2 Å². The van der Waals surface area contributed by atoms with Gasteiger partial charge in [-0.15, -0.1) is 0 Å². The highest BCUT2D eigenvalue weighted by atomic mass is 14.5. The Kier molecular flexibility index (Phi) is 2.51. The van der Waals surface area contributed by atoms with Crippen molar-refractivity contribution in [3.8, 4) is 0 Å². The molecule has 2 rings (SSSR count). The summed E-state index contributed by atoms with van der Waals surface area (Å²) < 4.78 is 0. The monoisotopic (exact) mass is 184 g/mol. The van der Waals surface area contributed by atoms with E-state index in [-0.39, 0.29) is 0 Å². The Morgan fingerprint density at radius 3 is 2.71 bits per heavy atom. The lowest BCUT2D eigenvalue weighted by Crippen LogP contribution is -1.93. The average Bonchev–Trinajstić information content (AvgIpc) is 2.18. The van der Waals surface area contributed by atoms with E-state index >= 15 is 0 Å². The summed E-state index contributed by atoms with van der Waals surface area (Å²) in [5.74, 6) is 0. The number of nitrogens with one attached hydrogen (secondary N) is 1. The van der Waals surface area contributed by atoms with Gasteiger partial charge < -0.3 is 0 Å². The zero-order chi connectivity index (χ0) is 9.97. The number of aryl methyl sites for hydroxylation is 1. The zero-order valence-corrected chi connectivity index (χ0v) is 8.38. The number of hydrogen-bond donors (Lipinski definition) is 0. The maximum absolute atomic E-state index is 7.22. The van der Waals surface area contributed by atoms with Gasteiger partial charge in [0.15, 0.2) is 0 Å². The molecule has 14 heavy (non-hydrogen) atoms. The van der Waals surface area contributed by atoms with E-state index in [1.807, 2.05) is 0 Å². The largest absolute Gasteiger partial charge is 0.258 e. The van der Waals surface area contributed by atoms with E-state index in [2.05, 4.69) is 43.3 Å². The predicted molar refractivity (Wildman–Crippen MR) is 60.4 cm³/mol. The molecular formula is C13H14N. The molecule has 0 atom stereocenters. The van der Waals surface area contributed by atoms with Gasteiger partial charge in [-0.3, -0.25) is 5.73 Å². The lowest BCUT2D eigenvalue weighted by atomic mass is 10.0. The minimum absolute atomic E-state index is 0.470. The van der Waals surface area contributed by atoms with Crippen LogP contribution >= 0.6 is 0 Å². The summed E-state index contributed by atoms with van der Waals surface area (Å²) in [7, 11) is 0. The van der Waals surface area contributed by atoms with Crippen molar-refractivity contribution in [2.45, 2.75) is 13.3 Å². The van der Waals surface area contributed by atoms with Gasteiger partial charge in [0.25, 0.3) is 0 Å². The summed E-state index contributed by atoms with van der Waals surface area (Å²) in [6.45, 7) is 2.60. The molecule has 1 nitrogen and oxygen atoms in total. The maximum atomic E-state index is 7.22. The first-order valence-electron chi connectivity index (χ1n) is 4.94. The minimum Gasteiger partial charge on any atom is -0.258 e. The maximum Gasteiger partial charge on any atom is 0.0140 e. The predicted octanol–water partition coefficient (Wildman–Crippen LogP) is 2.97. The molecule has 0 aliphatic carbocycles. The molecule has 0 saturated heterocycles. The summed E-state index contributed by atoms with van der Waals surface area (Å²) >= 11 is 0. The van der Waals surface area contributed by atoms with Crippen molar-refractivity contribution in [1.29, 1.82) is 0 Å². The molecule has 0 aliphatic rings. The quantitative estimate of drug-likeness (QED) is 0.685. The molecule has 0 fully saturated rings. The van der Waals surface area contributed by atoms with Gasteiger partial charge in [0.05, 0.1) is 0 Å². The molecule has 71 valence electrons. The van der Waals surface area contributed by atoms with Crippen molar-refractivity contribution in [2.75, 3.05) is 6.54 Å². The fraction of sp³-hybridized carbons (Fsp3) is 0.231. The second-order valence-electron chi connectivity index (χ2n) is 3.63. The van der Waals surface area contributed by atoms with E-state index in [0.29, 0.717) is 6.54 Å². The molecule has 1 heteroatoms. The number of hydrogen-bond acceptors (Lipinski definition) is 0. The average molecular weight is 184 g/mol. The first kappa shape index (κ1) is 9.22. The molecule has 0 amide bonds. The second-order valence-corrected chi connectivity index (χ2v) is 3.63. The summed E-state index contributed by atoms with van der Waals surface area (Å²) in [6.07, 6.45) is 0.853. The molecule has 1 N–H and O–H groups in total. The standard InChI is InChI=1S/C13H14N/c1-10-8-11(6-7-14)9-12-4-2-3-5-13(10)12/h2-5,8-9,14H,6-7H2,1H3. The van der Waals surface area contributed by atoms with Crippen LogP contribution in [-0.4, -0.2) is 6.54 Å². The molecule has 0 unspecified atom stereocenters. The molecule has 0 aliphatic heterocycles. The van der Waals surface area contributed by atoms with E-state index in [0.717, 1.165) is 6.42 Å². The summed E-state index contributed by atoms with van der Waals surface area (Å²) in [4.78, 5) is 0. The minimum atomic E-state index is 0.470. The third-order valence-electron chi connectivity index (χ3n) is 2.54. The highest BCUT2D eigenvalue weighted by molar-refractivity contribution is 5.86. The van der Waals surface area contributed by atoms with Crippen molar-refractivity contribution in [2.24, 2.45) is 0 Å².